The summed E-state index contributed by atoms with van der Waals surface area (Å²) in [5.74, 6) is -0.212. The third-order valence-electron chi connectivity index (χ3n) is 8.28. The molecule has 0 aliphatic rings. The van der Waals surface area contributed by atoms with Crippen LogP contribution in [0.2, 0.25) is 0 Å². The van der Waals surface area contributed by atoms with Gasteiger partial charge in [0.2, 0.25) is 0 Å². The fraction of sp³-hybridized carbons (Fsp3) is 0.872. The number of aliphatic hydroxyl groups is 1. The Morgan fingerprint density at radius 2 is 0.977 bits per heavy atom. The van der Waals surface area contributed by atoms with Crippen molar-refractivity contribution >= 4 is 5.97 Å². The normalized spacial score (nSPS) is 12.5. The van der Waals surface area contributed by atoms with Crippen LogP contribution in [-0.2, 0) is 14.3 Å². The molecule has 0 aromatic rings. The molecule has 4 heteroatoms. The largest absolute Gasteiger partial charge is 0.457 e. The molecule has 0 aromatic heterocycles. The third-order valence-corrected chi connectivity index (χ3v) is 8.28. The van der Waals surface area contributed by atoms with E-state index in [1.807, 2.05) is 0 Å². The summed E-state index contributed by atoms with van der Waals surface area (Å²) in [5.41, 5.74) is 0. The molecule has 1 N–H and O–H groups in total. The molecule has 0 bridgehead atoms. The molecule has 0 saturated carbocycles. The van der Waals surface area contributed by atoms with Crippen LogP contribution < -0.4 is 0 Å². The SMILES string of the molecule is CCCCCC/C=C\C/C=C\CCCCCCCC(=O)OC(CO)COCCCCCCCCCCCCCCCCC. The van der Waals surface area contributed by atoms with Crippen LogP contribution in [0.15, 0.2) is 24.3 Å². The van der Waals surface area contributed by atoms with Crippen molar-refractivity contribution in [3.8, 4) is 0 Å². The number of allylic oxidation sites excluding steroid dienone is 4. The Balaban J connectivity index is 3.45. The van der Waals surface area contributed by atoms with Gasteiger partial charge in [0.25, 0.3) is 0 Å². The van der Waals surface area contributed by atoms with E-state index in [2.05, 4.69) is 38.2 Å². The molecule has 0 saturated heterocycles. The summed E-state index contributed by atoms with van der Waals surface area (Å²) >= 11 is 0. The van der Waals surface area contributed by atoms with Crippen molar-refractivity contribution in [3.63, 3.8) is 0 Å². The Labute approximate surface area is 268 Å². The van der Waals surface area contributed by atoms with E-state index in [-0.39, 0.29) is 12.6 Å². The minimum atomic E-state index is -0.536. The highest BCUT2D eigenvalue weighted by Gasteiger charge is 2.13. The van der Waals surface area contributed by atoms with Gasteiger partial charge in [0.15, 0.2) is 0 Å². The zero-order chi connectivity index (χ0) is 31.3. The zero-order valence-corrected chi connectivity index (χ0v) is 29.0. The number of carbonyl (C=O) groups excluding carboxylic acids is 1. The maximum absolute atomic E-state index is 12.1. The lowest BCUT2D eigenvalue weighted by atomic mass is 10.0. The first-order valence-corrected chi connectivity index (χ1v) is 18.9. The maximum Gasteiger partial charge on any atom is 0.306 e. The first-order valence-electron chi connectivity index (χ1n) is 18.9. The van der Waals surface area contributed by atoms with Crippen LogP contribution in [0.1, 0.15) is 194 Å². The molecule has 0 fully saturated rings. The van der Waals surface area contributed by atoms with Gasteiger partial charge in [0.05, 0.1) is 13.2 Å². The standard InChI is InChI=1S/C39H74O4/c1-3-5-7-9-11-13-15-17-19-20-22-24-26-28-30-32-34-39(41)43-38(36-40)37-42-35-33-31-29-27-25-23-21-18-16-14-12-10-8-6-4-2/h13,15,19-20,38,40H,3-12,14,16-18,21-37H2,1-2H3/b15-13-,20-19-. The Morgan fingerprint density at radius 3 is 1.47 bits per heavy atom. The number of unbranched alkanes of at least 4 members (excludes halogenated alkanes) is 23. The fourth-order valence-electron chi connectivity index (χ4n) is 5.42. The van der Waals surface area contributed by atoms with Crippen molar-refractivity contribution in [1.29, 1.82) is 0 Å². The highest BCUT2D eigenvalue weighted by molar-refractivity contribution is 5.69. The summed E-state index contributed by atoms with van der Waals surface area (Å²) in [5, 5.41) is 9.56. The topological polar surface area (TPSA) is 55.8 Å². The molecule has 254 valence electrons. The number of rotatable bonds is 35. The summed E-state index contributed by atoms with van der Waals surface area (Å²) in [6.45, 7) is 5.33. The second kappa shape index (κ2) is 37.1. The Morgan fingerprint density at radius 1 is 0.558 bits per heavy atom. The molecule has 0 spiro atoms. The number of ether oxygens (including phenoxy) is 2. The van der Waals surface area contributed by atoms with E-state index in [1.54, 1.807) is 0 Å². The molecule has 0 aliphatic heterocycles. The van der Waals surface area contributed by atoms with Crippen LogP contribution in [-0.4, -0.2) is 37.0 Å². The fourth-order valence-corrected chi connectivity index (χ4v) is 5.42. The summed E-state index contributed by atoms with van der Waals surface area (Å²) in [6.07, 6.45) is 43.6. The smallest absolute Gasteiger partial charge is 0.306 e. The predicted molar refractivity (Wildman–Crippen MR) is 187 cm³/mol. The monoisotopic (exact) mass is 607 g/mol. The van der Waals surface area contributed by atoms with Gasteiger partial charge in [-0.1, -0.05) is 167 Å². The third kappa shape index (κ3) is 35.2. The van der Waals surface area contributed by atoms with Gasteiger partial charge in [-0.3, -0.25) is 4.79 Å². The number of hydrogen-bond acceptors (Lipinski definition) is 4. The summed E-state index contributed by atoms with van der Waals surface area (Å²) in [4.78, 5) is 12.1. The van der Waals surface area contributed by atoms with E-state index in [1.165, 1.54) is 135 Å². The van der Waals surface area contributed by atoms with Crippen molar-refractivity contribution in [2.24, 2.45) is 0 Å². The van der Waals surface area contributed by atoms with Gasteiger partial charge in [0.1, 0.15) is 6.10 Å². The zero-order valence-electron chi connectivity index (χ0n) is 29.0. The molecule has 1 unspecified atom stereocenters. The molecule has 43 heavy (non-hydrogen) atoms. The average molecular weight is 607 g/mol. The van der Waals surface area contributed by atoms with Gasteiger partial charge in [0, 0.05) is 13.0 Å². The van der Waals surface area contributed by atoms with Gasteiger partial charge in [-0.2, -0.15) is 0 Å². The van der Waals surface area contributed by atoms with E-state index in [0.29, 0.717) is 19.6 Å². The highest BCUT2D eigenvalue weighted by Crippen LogP contribution is 2.14. The molecule has 0 aliphatic carbocycles. The number of carbonyl (C=O) groups is 1. The number of aliphatic hydroxyl groups excluding tert-OH is 1. The average Bonchev–Trinajstić information content (AvgIpc) is 3.01. The second-order valence-corrected chi connectivity index (χ2v) is 12.7. The minimum absolute atomic E-state index is 0.174. The second-order valence-electron chi connectivity index (χ2n) is 12.7. The number of hydrogen-bond donors (Lipinski definition) is 1. The molecule has 1 atom stereocenters. The van der Waals surface area contributed by atoms with Crippen LogP contribution in [0.25, 0.3) is 0 Å². The van der Waals surface area contributed by atoms with Crippen LogP contribution in [0, 0.1) is 0 Å². The summed E-state index contributed by atoms with van der Waals surface area (Å²) in [7, 11) is 0. The van der Waals surface area contributed by atoms with Crippen molar-refractivity contribution in [3.05, 3.63) is 24.3 Å². The van der Waals surface area contributed by atoms with E-state index >= 15 is 0 Å². The van der Waals surface area contributed by atoms with Crippen LogP contribution in [0.3, 0.4) is 0 Å². The number of esters is 1. The molecule has 4 nitrogen and oxygen atoms in total. The molecule has 0 aromatic carbocycles. The van der Waals surface area contributed by atoms with Gasteiger partial charge < -0.3 is 14.6 Å². The van der Waals surface area contributed by atoms with Gasteiger partial charge in [-0.05, 0) is 44.9 Å². The van der Waals surface area contributed by atoms with Crippen LogP contribution >= 0.6 is 0 Å². The van der Waals surface area contributed by atoms with Gasteiger partial charge in [-0.15, -0.1) is 0 Å². The highest BCUT2D eigenvalue weighted by atomic mass is 16.6. The van der Waals surface area contributed by atoms with Crippen LogP contribution in [0.5, 0.6) is 0 Å². The predicted octanol–water partition coefficient (Wildman–Crippen LogP) is 12.0. The van der Waals surface area contributed by atoms with E-state index in [4.69, 9.17) is 9.47 Å². The maximum atomic E-state index is 12.1. The molecular weight excluding hydrogens is 532 g/mol. The van der Waals surface area contributed by atoms with E-state index < -0.39 is 6.10 Å². The molecule has 0 rings (SSSR count). The van der Waals surface area contributed by atoms with Gasteiger partial charge in [-0.25, -0.2) is 0 Å². The lowest BCUT2D eigenvalue weighted by molar-refractivity contribution is -0.154. The molecule has 0 heterocycles. The first kappa shape index (κ1) is 41.9. The minimum Gasteiger partial charge on any atom is -0.457 e. The summed E-state index contributed by atoms with van der Waals surface area (Å²) in [6, 6.07) is 0. The first-order chi connectivity index (χ1) is 21.2. The van der Waals surface area contributed by atoms with Crippen molar-refractivity contribution in [2.75, 3.05) is 19.8 Å². The molecular formula is C39H74O4. The Bertz CT molecular complexity index is 600. The lowest BCUT2D eigenvalue weighted by Crippen LogP contribution is -2.27. The van der Waals surface area contributed by atoms with Crippen molar-refractivity contribution < 1.29 is 19.4 Å². The quantitative estimate of drug-likeness (QED) is 0.0443. The lowest BCUT2D eigenvalue weighted by Gasteiger charge is -2.15. The van der Waals surface area contributed by atoms with Gasteiger partial charge >= 0.3 is 5.97 Å². The Hall–Kier alpha value is -1.13. The molecule has 0 amide bonds. The Kier molecular flexibility index (Phi) is 36.1. The van der Waals surface area contributed by atoms with E-state index in [0.717, 1.165) is 38.5 Å². The van der Waals surface area contributed by atoms with Crippen molar-refractivity contribution in [2.45, 2.75) is 200 Å². The van der Waals surface area contributed by atoms with Crippen molar-refractivity contribution in [1.82, 2.24) is 0 Å². The van der Waals surface area contributed by atoms with Crippen LogP contribution in [0.4, 0.5) is 0 Å². The summed E-state index contributed by atoms with van der Waals surface area (Å²) < 4.78 is 11.1. The molecule has 0 radical (unpaired) electrons. The van der Waals surface area contributed by atoms with E-state index in [9.17, 15) is 9.90 Å².